The second kappa shape index (κ2) is 7.48. The van der Waals surface area contributed by atoms with Crippen molar-refractivity contribution in [2.75, 3.05) is 6.61 Å². The number of carbonyl (C=O) groups excluding carboxylic acids is 2. The number of furan rings is 1. The first-order chi connectivity index (χ1) is 13.5. The molecule has 140 valence electrons. The van der Waals surface area contributed by atoms with Crippen LogP contribution in [0.4, 0.5) is 0 Å². The van der Waals surface area contributed by atoms with E-state index in [9.17, 15) is 9.59 Å². The van der Waals surface area contributed by atoms with E-state index in [4.69, 9.17) is 13.9 Å². The molecule has 0 N–H and O–H groups in total. The number of ether oxygens (including phenoxy) is 2. The second-order valence-corrected chi connectivity index (χ2v) is 7.18. The summed E-state index contributed by atoms with van der Waals surface area (Å²) >= 11 is 3.34. The summed E-state index contributed by atoms with van der Waals surface area (Å²) in [5.74, 6) is 1.97. The summed E-state index contributed by atoms with van der Waals surface area (Å²) in [6, 6.07) is 15.5. The van der Waals surface area contributed by atoms with Crippen LogP contribution in [0.25, 0.3) is 6.08 Å². The average Bonchev–Trinajstić information content (AvgIpc) is 3.23. The highest BCUT2D eigenvalue weighted by molar-refractivity contribution is 9.10. The van der Waals surface area contributed by atoms with Crippen LogP contribution in [0.15, 0.2) is 69.2 Å². The van der Waals surface area contributed by atoms with E-state index in [1.807, 2.05) is 13.0 Å². The van der Waals surface area contributed by atoms with Crippen molar-refractivity contribution in [1.29, 1.82) is 0 Å². The Morgan fingerprint density at radius 3 is 2.61 bits per heavy atom. The lowest BCUT2D eigenvalue weighted by Gasteiger charge is -2.07. The van der Waals surface area contributed by atoms with Crippen LogP contribution in [0, 0.1) is 6.92 Å². The van der Waals surface area contributed by atoms with Crippen molar-refractivity contribution in [1.82, 2.24) is 0 Å². The molecule has 6 heteroatoms. The monoisotopic (exact) mass is 438 g/mol. The number of carbonyl (C=O) groups is 2. The normalized spacial score (nSPS) is 14.1. The lowest BCUT2D eigenvalue weighted by molar-refractivity contribution is 0.0921. The Bertz CT molecular complexity index is 1090. The highest BCUT2D eigenvalue weighted by atomic mass is 79.9. The SMILES string of the molecule is Cc1ccc(/C=C2\Oc3cc(OCC(=O)c4ccc(Br)cc4)ccc3C2=O)o1. The maximum Gasteiger partial charge on any atom is 0.232 e. The number of hydrogen-bond acceptors (Lipinski definition) is 5. The third kappa shape index (κ3) is 3.77. The minimum Gasteiger partial charge on any atom is -0.485 e. The van der Waals surface area contributed by atoms with Crippen LogP contribution in [0.1, 0.15) is 32.2 Å². The van der Waals surface area contributed by atoms with Crippen LogP contribution >= 0.6 is 15.9 Å². The van der Waals surface area contributed by atoms with Crippen molar-refractivity contribution in [2.24, 2.45) is 0 Å². The summed E-state index contributed by atoms with van der Waals surface area (Å²) in [6.45, 7) is 1.72. The third-order valence-corrected chi connectivity index (χ3v) is 4.74. The van der Waals surface area contributed by atoms with Crippen molar-refractivity contribution in [2.45, 2.75) is 6.92 Å². The zero-order valence-corrected chi connectivity index (χ0v) is 16.5. The first kappa shape index (κ1) is 18.3. The minimum absolute atomic E-state index is 0.108. The van der Waals surface area contributed by atoms with E-state index in [2.05, 4.69) is 15.9 Å². The zero-order chi connectivity index (χ0) is 19.7. The molecular weight excluding hydrogens is 424 g/mol. The fourth-order valence-electron chi connectivity index (χ4n) is 2.79. The van der Waals surface area contributed by atoms with E-state index < -0.39 is 0 Å². The van der Waals surface area contributed by atoms with Gasteiger partial charge in [-0.05, 0) is 43.3 Å². The van der Waals surface area contributed by atoms with Gasteiger partial charge in [-0.2, -0.15) is 0 Å². The van der Waals surface area contributed by atoms with Gasteiger partial charge in [0.15, 0.2) is 18.1 Å². The molecule has 1 aliphatic rings. The Morgan fingerprint density at radius 2 is 1.89 bits per heavy atom. The molecule has 0 fully saturated rings. The first-order valence-corrected chi connectivity index (χ1v) is 9.35. The van der Waals surface area contributed by atoms with Crippen LogP contribution in [0.2, 0.25) is 0 Å². The van der Waals surface area contributed by atoms with Crippen molar-refractivity contribution in [3.8, 4) is 11.5 Å². The van der Waals surface area contributed by atoms with Crippen LogP contribution in [-0.4, -0.2) is 18.2 Å². The van der Waals surface area contributed by atoms with Gasteiger partial charge in [-0.25, -0.2) is 0 Å². The molecule has 2 heterocycles. The van der Waals surface area contributed by atoms with Gasteiger partial charge in [0.1, 0.15) is 23.0 Å². The molecule has 4 rings (SSSR count). The van der Waals surface area contributed by atoms with Gasteiger partial charge in [-0.3, -0.25) is 9.59 Å². The van der Waals surface area contributed by atoms with Crippen LogP contribution in [-0.2, 0) is 0 Å². The number of fused-ring (bicyclic) bond motifs is 1. The molecule has 5 nitrogen and oxygen atoms in total. The molecule has 0 saturated carbocycles. The lowest BCUT2D eigenvalue weighted by atomic mass is 10.1. The van der Waals surface area contributed by atoms with Crippen molar-refractivity contribution in [3.05, 3.63) is 87.5 Å². The molecule has 3 aromatic rings. The highest BCUT2D eigenvalue weighted by Gasteiger charge is 2.28. The van der Waals surface area contributed by atoms with Gasteiger partial charge < -0.3 is 13.9 Å². The summed E-state index contributed by atoms with van der Waals surface area (Å²) < 4.78 is 17.6. The molecule has 1 aliphatic heterocycles. The number of halogens is 1. The predicted octanol–water partition coefficient (Wildman–Crippen LogP) is 5.23. The summed E-state index contributed by atoms with van der Waals surface area (Å²) in [5.41, 5.74) is 1.01. The summed E-state index contributed by atoms with van der Waals surface area (Å²) in [4.78, 5) is 24.7. The maximum atomic E-state index is 12.5. The fraction of sp³-hybridized carbons (Fsp3) is 0.0909. The van der Waals surface area contributed by atoms with E-state index in [1.54, 1.807) is 54.6 Å². The van der Waals surface area contributed by atoms with Crippen molar-refractivity contribution >= 4 is 33.6 Å². The Kier molecular flexibility index (Phi) is 4.88. The van der Waals surface area contributed by atoms with Gasteiger partial charge in [0.05, 0.1) is 5.56 Å². The van der Waals surface area contributed by atoms with E-state index in [1.165, 1.54) is 0 Å². The molecule has 0 radical (unpaired) electrons. The van der Waals surface area contributed by atoms with E-state index in [-0.39, 0.29) is 23.9 Å². The first-order valence-electron chi connectivity index (χ1n) is 8.56. The molecule has 0 bridgehead atoms. The number of Topliss-reactive ketones (excluding diaryl/α,β-unsaturated/α-hetero) is 2. The molecule has 0 unspecified atom stereocenters. The average molecular weight is 439 g/mol. The Balaban J connectivity index is 1.46. The van der Waals surface area contributed by atoms with Crippen molar-refractivity contribution in [3.63, 3.8) is 0 Å². The topological polar surface area (TPSA) is 65.7 Å². The molecule has 0 atom stereocenters. The number of rotatable bonds is 5. The summed E-state index contributed by atoms with van der Waals surface area (Å²) in [5, 5.41) is 0. The minimum atomic E-state index is -0.221. The van der Waals surface area contributed by atoms with Crippen LogP contribution in [0.3, 0.4) is 0 Å². The molecule has 0 amide bonds. The standard InChI is InChI=1S/C22H15BrO5/c1-13-2-7-17(27-13)11-21-22(25)18-9-8-16(10-20(18)28-21)26-12-19(24)14-3-5-15(23)6-4-14/h2-11H,12H2,1H3/b21-11-. The van der Waals surface area contributed by atoms with Crippen LogP contribution in [0.5, 0.6) is 11.5 Å². The number of hydrogen-bond donors (Lipinski definition) is 0. The smallest absolute Gasteiger partial charge is 0.232 e. The number of ketones is 2. The Hall–Kier alpha value is -3.12. The quantitative estimate of drug-likeness (QED) is 0.403. The number of aryl methyl sites for hydroxylation is 1. The number of allylic oxidation sites excluding steroid dienone is 1. The second-order valence-electron chi connectivity index (χ2n) is 6.26. The Labute approximate surface area is 169 Å². The molecule has 1 aromatic heterocycles. The van der Waals surface area contributed by atoms with Gasteiger partial charge in [-0.1, -0.05) is 28.1 Å². The largest absolute Gasteiger partial charge is 0.485 e. The lowest BCUT2D eigenvalue weighted by Crippen LogP contribution is -2.11. The van der Waals surface area contributed by atoms with Gasteiger partial charge in [0, 0.05) is 22.2 Å². The zero-order valence-electron chi connectivity index (χ0n) is 14.9. The molecule has 2 aromatic carbocycles. The predicted molar refractivity (Wildman–Crippen MR) is 107 cm³/mol. The van der Waals surface area contributed by atoms with Gasteiger partial charge in [-0.15, -0.1) is 0 Å². The molecule has 0 aliphatic carbocycles. The highest BCUT2D eigenvalue weighted by Crippen LogP contribution is 2.35. The van der Waals surface area contributed by atoms with Gasteiger partial charge in [0.2, 0.25) is 5.78 Å². The molecule has 28 heavy (non-hydrogen) atoms. The third-order valence-electron chi connectivity index (χ3n) is 4.21. The van der Waals surface area contributed by atoms with E-state index in [0.29, 0.717) is 28.4 Å². The number of benzene rings is 2. The Morgan fingerprint density at radius 1 is 1.11 bits per heavy atom. The van der Waals surface area contributed by atoms with Gasteiger partial charge >= 0.3 is 0 Å². The molecular formula is C22H15BrO5. The molecule has 0 saturated heterocycles. The summed E-state index contributed by atoms with van der Waals surface area (Å²) in [7, 11) is 0. The fourth-order valence-corrected chi connectivity index (χ4v) is 3.05. The van der Waals surface area contributed by atoms with E-state index >= 15 is 0 Å². The van der Waals surface area contributed by atoms with Gasteiger partial charge in [0.25, 0.3) is 0 Å². The summed E-state index contributed by atoms with van der Waals surface area (Å²) in [6.07, 6.45) is 1.56. The van der Waals surface area contributed by atoms with Crippen molar-refractivity contribution < 1.29 is 23.5 Å². The van der Waals surface area contributed by atoms with E-state index in [0.717, 1.165) is 10.2 Å². The molecule has 0 spiro atoms. The van der Waals surface area contributed by atoms with Crippen LogP contribution < -0.4 is 9.47 Å². The maximum absolute atomic E-state index is 12.5.